The molecule has 5 aliphatic rings. The van der Waals surface area contributed by atoms with E-state index in [4.69, 9.17) is 11.6 Å². The van der Waals surface area contributed by atoms with Gasteiger partial charge < -0.3 is 5.32 Å². The van der Waals surface area contributed by atoms with Crippen LogP contribution in [-0.2, 0) is 4.79 Å². The van der Waals surface area contributed by atoms with E-state index in [1.54, 1.807) is 0 Å². The zero-order valence-corrected chi connectivity index (χ0v) is 13.1. The Morgan fingerprint density at radius 3 is 2.05 bits per heavy atom. The predicted molar refractivity (Wildman–Crippen MR) is 80.6 cm³/mol. The molecule has 112 valence electrons. The Kier molecular flexibility index (Phi) is 3.11. The fourth-order valence-corrected chi connectivity index (χ4v) is 6.09. The van der Waals surface area contributed by atoms with Crippen LogP contribution < -0.4 is 5.32 Å². The van der Waals surface area contributed by atoms with Gasteiger partial charge in [0.2, 0.25) is 5.91 Å². The lowest BCUT2D eigenvalue weighted by molar-refractivity contribution is -0.129. The average molecular weight is 296 g/mol. The molecule has 0 aliphatic heterocycles. The number of amides is 1. The van der Waals surface area contributed by atoms with Crippen LogP contribution in [0.4, 0.5) is 0 Å². The predicted octanol–water partition coefficient (Wildman–Crippen LogP) is 3.73. The molecule has 0 radical (unpaired) electrons. The van der Waals surface area contributed by atoms with Gasteiger partial charge in [-0.25, -0.2) is 0 Å². The second-order valence-electron chi connectivity index (χ2n) is 8.50. The van der Waals surface area contributed by atoms with Gasteiger partial charge in [-0.2, -0.15) is 0 Å². The molecule has 1 amide bonds. The van der Waals surface area contributed by atoms with E-state index in [1.807, 2.05) is 0 Å². The maximum absolute atomic E-state index is 12.4. The van der Waals surface area contributed by atoms with Crippen molar-refractivity contribution in [3.05, 3.63) is 0 Å². The van der Waals surface area contributed by atoms with Gasteiger partial charge in [-0.05, 0) is 74.5 Å². The van der Waals surface area contributed by atoms with E-state index in [0.29, 0.717) is 17.2 Å². The van der Waals surface area contributed by atoms with Crippen molar-refractivity contribution in [2.45, 2.75) is 57.8 Å². The average Bonchev–Trinajstić information content (AvgIpc) is 3.15. The van der Waals surface area contributed by atoms with Gasteiger partial charge in [-0.15, -0.1) is 11.6 Å². The first-order chi connectivity index (χ1) is 9.60. The summed E-state index contributed by atoms with van der Waals surface area (Å²) in [6.07, 6.45) is 11.5. The first-order valence-electron chi connectivity index (χ1n) is 8.43. The van der Waals surface area contributed by atoms with Crippen LogP contribution >= 0.6 is 11.6 Å². The van der Waals surface area contributed by atoms with Crippen LogP contribution in [0.1, 0.15) is 57.8 Å². The van der Waals surface area contributed by atoms with Gasteiger partial charge in [0.25, 0.3) is 0 Å². The third-order valence-electron chi connectivity index (χ3n) is 6.60. The van der Waals surface area contributed by atoms with E-state index >= 15 is 0 Å². The minimum Gasteiger partial charge on any atom is -0.355 e. The zero-order valence-electron chi connectivity index (χ0n) is 12.3. The summed E-state index contributed by atoms with van der Waals surface area (Å²) in [7, 11) is 0. The molecule has 5 rings (SSSR count). The SMILES string of the molecule is O=C(CC12CC3CC(CC(C3)C1)C2)NCC1(CCl)CC1. The van der Waals surface area contributed by atoms with Gasteiger partial charge in [0.15, 0.2) is 0 Å². The van der Waals surface area contributed by atoms with Crippen molar-refractivity contribution < 1.29 is 4.79 Å². The molecule has 5 aliphatic carbocycles. The van der Waals surface area contributed by atoms with Crippen molar-refractivity contribution in [2.75, 3.05) is 12.4 Å². The van der Waals surface area contributed by atoms with Crippen molar-refractivity contribution in [2.24, 2.45) is 28.6 Å². The number of rotatable bonds is 5. The summed E-state index contributed by atoms with van der Waals surface area (Å²) < 4.78 is 0. The highest BCUT2D eigenvalue weighted by Crippen LogP contribution is 2.61. The first kappa shape index (κ1) is 13.4. The molecule has 0 heterocycles. The highest BCUT2D eigenvalue weighted by Gasteiger charge is 2.51. The van der Waals surface area contributed by atoms with E-state index in [2.05, 4.69) is 5.32 Å². The van der Waals surface area contributed by atoms with E-state index in [-0.39, 0.29) is 5.41 Å². The van der Waals surface area contributed by atoms with E-state index < -0.39 is 0 Å². The third-order valence-corrected chi connectivity index (χ3v) is 7.17. The lowest BCUT2D eigenvalue weighted by Gasteiger charge is -2.56. The smallest absolute Gasteiger partial charge is 0.220 e. The number of hydrogen-bond donors (Lipinski definition) is 1. The van der Waals surface area contributed by atoms with Crippen molar-refractivity contribution in [1.29, 1.82) is 0 Å². The van der Waals surface area contributed by atoms with Crippen LogP contribution in [-0.4, -0.2) is 18.3 Å². The van der Waals surface area contributed by atoms with Crippen LogP contribution in [0.5, 0.6) is 0 Å². The molecule has 0 aromatic carbocycles. The zero-order chi connectivity index (χ0) is 13.8. The van der Waals surface area contributed by atoms with Gasteiger partial charge in [0.1, 0.15) is 0 Å². The van der Waals surface area contributed by atoms with Crippen LogP contribution in [0, 0.1) is 28.6 Å². The van der Waals surface area contributed by atoms with E-state index in [0.717, 1.165) is 30.7 Å². The summed E-state index contributed by atoms with van der Waals surface area (Å²) >= 11 is 5.99. The normalized spacial score (nSPS) is 43.5. The Bertz CT molecular complexity index is 380. The van der Waals surface area contributed by atoms with Gasteiger partial charge in [-0.1, -0.05) is 0 Å². The second-order valence-corrected chi connectivity index (χ2v) is 8.77. The van der Waals surface area contributed by atoms with Crippen LogP contribution in [0.3, 0.4) is 0 Å². The number of carbonyl (C=O) groups is 1. The topological polar surface area (TPSA) is 29.1 Å². The number of halogens is 1. The van der Waals surface area contributed by atoms with Gasteiger partial charge in [0, 0.05) is 24.3 Å². The fourth-order valence-electron chi connectivity index (χ4n) is 5.73. The highest BCUT2D eigenvalue weighted by molar-refractivity contribution is 6.18. The molecule has 5 saturated carbocycles. The Morgan fingerprint density at radius 2 is 1.60 bits per heavy atom. The Labute approximate surface area is 127 Å². The number of alkyl halides is 1. The van der Waals surface area contributed by atoms with Crippen molar-refractivity contribution in [1.82, 2.24) is 5.32 Å². The van der Waals surface area contributed by atoms with Crippen LogP contribution in [0.25, 0.3) is 0 Å². The van der Waals surface area contributed by atoms with Crippen LogP contribution in [0.15, 0.2) is 0 Å². The maximum atomic E-state index is 12.4. The molecule has 20 heavy (non-hydrogen) atoms. The molecule has 5 fully saturated rings. The Hall–Kier alpha value is -0.240. The number of hydrogen-bond acceptors (Lipinski definition) is 1. The summed E-state index contributed by atoms with van der Waals surface area (Å²) in [5.41, 5.74) is 0.620. The van der Waals surface area contributed by atoms with E-state index in [9.17, 15) is 4.79 Å². The summed E-state index contributed by atoms with van der Waals surface area (Å²) in [6.45, 7) is 0.807. The van der Waals surface area contributed by atoms with Gasteiger partial charge >= 0.3 is 0 Å². The van der Waals surface area contributed by atoms with E-state index in [1.165, 1.54) is 51.4 Å². The molecule has 3 heteroatoms. The minimum atomic E-state index is 0.249. The number of carbonyl (C=O) groups excluding carboxylic acids is 1. The summed E-state index contributed by atoms with van der Waals surface area (Å²) in [5.74, 6) is 3.80. The summed E-state index contributed by atoms with van der Waals surface area (Å²) in [5, 5.41) is 3.19. The first-order valence-corrected chi connectivity index (χ1v) is 8.97. The summed E-state index contributed by atoms with van der Waals surface area (Å²) in [6, 6.07) is 0. The fraction of sp³-hybridized carbons (Fsp3) is 0.941. The molecule has 0 unspecified atom stereocenters. The summed E-state index contributed by atoms with van der Waals surface area (Å²) in [4.78, 5) is 12.4. The van der Waals surface area contributed by atoms with Crippen molar-refractivity contribution in [3.63, 3.8) is 0 Å². The maximum Gasteiger partial charge on any atom is 0.220 e. The minimum absolute atomic E-state index is 0.249. The largest absolute Gasteiger partial charge is 0.355 e. The lowest BCUT2D eigenvalue weighted by Crippen LogP contribution is -2.48. The monoisotopic (exact) mass is 295 g/mol. The molecule has 0 atom stereocenters. The van der Waals surface area contributed by atoms with Gasteiger partial charge in [0.05, 0.1) is 0 Å². The highest BCUT2D eigenvalue weighted by atomic mass is 35.5. The third kappa shape index (κ3) is 2.38. The van der Waals surface area contributed by atoms with Crippen molar-refractivity contribution >= 4 is 17.5 Å². The molecule has 0 saturated heterocycles. The molecule has 1 N–H and O–H groups in total. The lowest BCUT2D eigenvalue weighted by atomic mass is 9.49. The Balaban J connectivity index is 1.35. The number of nitrogens with one attached hydrogen (secondary N) is 1. The quantitative estimate of drug-likeness (QED) is 0.769. The molecule has 4 bridgehead atoms. The van der Waals surface area contributed by atoms with Crippen molar-refractivity contribution in [3.8, 4) is 0 Å². The standard InChI is InChI=1S/C17H26ClNO/c18-10-16(1-2-16)11-19-15(20)9-17-6-12-3-13(7-17)5-14(4-12)8-17/h12-14H,1-11H2,(H,19,20). The van der Waals surface area contributed by atoms with Gasteiger partial charge in [-0.3, -0.25) is 4.79 Å². The Morgan fingerprint density at radius 1 is 1.05 bits per heavy atom. The molecular formula is C17H26ClNO. The van der Waals surface area contributed by atoms with Crippen LogP contribution in [0.2, 0.25) is 0 Å². The molecule has 0 spiro atoms. The molecule has 0 aromatic rings. The molecular weight excluding hydrogens is 270 g/mol. The second kappa shape index (κ2) is 4.63. The molecule has 0 aromatic heterocycles. The molecule has 2 nitrogen and oxygen atoms in total.